The molecule has 0 aliphatic heterocycles. The maximum atomic E-state index is 12.9. The summed E-state index contributed by atoms with van der Waals surface area (Å²) in [4.78, 5) is 10.7. The van der Waals surface area contributed by atoms with Crippen molar-refractivity contribution in [1.82, 2.24) is 0 Å². The Morgan fingerprint density at radius 2 is 1.67 bits per heavy atom. The molecule has 0 aliphatic carbocycles. The molecule has 0 aromatic heterocycles. The SMILES string of the molecule is NCC(=O)Nc1c(F)c(F)cc(F)c1F. The minimum Gasteiger partial charge on any atom is -0.322 e. The summed E-state index contributed by atoms with van der Waals surface area (Å²) in [6, 6.07) is 0.0444. The fourth-order valence-corrected chi connectivity index (χ4v) is 0.873. The van der Waals surface area contributed by atoms with Gasteiger partial charge in [0.15, 0.2) is 23.3 Å². The Labute approximate surface area is 81.9 Å². The van der Waals surface area contributed by atoms with Gasteiger partial charge in [0.05, 0.1) is 6.54 Å². The Balaban J connectivity index is 3.21. The molecule has 0 fully saturated rings. The minimum absolute atomic E-state index is 0.0444. The number of rotatable bonds is 2. The summed E-state index contributed by atoms with van der Waals surface area (Å²) in [6.07, 6.45) is 0. The topological polar surface area (TPSA) is 55.1 Å². The van der Waals surface area contributed by atoms with E-state index in [1.165, 1.54) is 0 Å². The molecule has 15 heavy (non-hydrogen) atoms. The van der Waals surface area contributed by atoms with Crippen LogP contribution in [0.3, 0.4) is 0 Å². The number of carbonyl (C=O) groups is 1. The molecule has 0 spiro atoms. The third kappa shape index (κ3) is 2.24. The summed E-state index contributed by atoms with van der Waals surface area (Å²) in [7, 11) is 0. The van der Waals surface area contributed by atoms with Crippen molar-refractivity contribution >= 4 is 11.6 Å². The highest BCUT2D eigenvalue weighted by Gasteiger charge is 2.20. The number of amides is 1. The Morgan fingerprint density at radius 1 is 1.20 bits per heavy atom. The number of halogens is 4. The maximum absolute atomic E-state index is 12.9. The quantitative estimate of drug-likeness (QED) is 0.582. The molecular formula is C8H6F4N2O. The lowest BCUT2D eigenvalue weighted by molar-refractivity contribution is -0.114. The van der Waals surface area contributed by atoms with Crippen molar-refractivity contribution in [2.45, 2.75) is 0 Å². The van der Waals surface area contributed by atoms with E-state index in [-0.39, 0.29) is 6.07 Å². The number of benzene rings is 1. The van der Waals surface area contributed by atoms with Crippen LogP contribution >= 0.6 is 0 Å². The van der Waals surface area contributed by atoms with Crippen molar-refractivity contribution in [3.63, 3.8) is 0 Å². The van der Waals surface area contributed by atoms with E-state index in [2.05, 4.69) is 0 Å². The molecule has 7 heteroatoms. The van der Waals surface area contributed by atoms with Gasteiger partial charge < -0.3 is 11.1 Å². The van der Waals surface area contributed by atoms with Crippen LogP contribution in [0.5, 0.6) is 0 Å². The van der Waals surface area contributed by atoms with E-state index in [1.54, 1.807) is 5.32 Å². The zero-order valence-corrected chi connectivity index (χ0v) is 7.28. The Kier molecular flexibility index (Phi) is 3.25. The van der Waals surface area contributed by atoms with Gasteiger partial charge in [-0.15, -0.1) is 0 Å². The molecule has 1 aromatic carbocycles. The lowest BCUT2D eigenvalue weighted by Gasteiger charge is -2.07. The van der Waals surface area contributed by atoms with E-state index in [0.29, 0.717) is 0 Å². The van der Waals surface area contributed by atoms with E-state index in [4.69, 9.17) is 5.73 Å². The van der Waals surface area contributed by atoms with Gasteiger partial charge in [0, 0.05) is 6.07 Å². The van der Waals surface area contributed by atoms with Gasteiger partial charge in [-0.1, -0.05) is 0 Å². The van der Waals surface area contributed by atoms with Gasteiger partial charge in [-0.2, -0.15) is 0 Å². The molecule has 82 valence electrons. The monoisotopic (exact) mass is 222 g/mol. The van der Waals surface area contributed by atoms with Crippen LogP contribution in [0.15, 0.2) is 6.07 Å². The molecule has 1 aromatic rings. The van der Waals surface area contributed by atoms with Crippen LogP contribution in [0.2, 0.25) is 0 Å². The fraction of sp³-hybridized carbons (Fsp3) is 0.125. The summed E-state index contributed by atoms with van der Waals surface area (Å²) in [5.41, 5.74) is 3.67. The molecule has 0 saturated heterocycles. The second-order valence-corrected chi connectivity index (χ2v) is 2.60. The molecule has 0 atom stereocenters. The van der Waals surface area contributed by atoms with Gasteiger partial charge in [-0.05, 0) is 0 Å². The fourth-order valence-electron chi connectivity index (χ4n) is 0.873. The zero-order chi connectivity index (χ0) is 11.6. The lowest BCUT2D eigenvalue weighted by atomic mass is 10.2. The van der Waals surface area contributed by atoms with E-state index in [0.717, 1.165) is 0 Å². The summed E-state index contributed by atoms with van der Waals surface area (Å²) in [5, 5.41) is 1.62. The van der Waals surface area contributed by atoms with Crippen molar-refractivity contribution in [1.29, 1.82) is 0 Å². The number of carbonyl (C=O) groups excluding carboxylic acids is 1. The molecule has 1 rings (SSSR count). The second-order valence-electron chi connectivity index (χ2n) is 2.60. The molecule has 3 N–H and O–H groups in total. The maximum Gasteiger partial charge on any atom is 0.238 e. The molecule has 0 bridgehead atoms. The van der Waals surface area contributed by atoms with Gasteiger partial charge in [-0.3, -0.25) is 4.79 Å². The van der Waals surface area contributed by atoms with Gasteiger partial charge in [0.2, 0.25) is 5.91 Å². The van der Waals surface area contributed by atoms with Crippen LogP contribution in [0, 0.1) is 23.3 Å². The molecule has 0 aliphatic rings. The average molecular weight is 222 g/mol. The predicted octanol–water partition coefficient (Wildman–Crippen LogP) is 1.14. The lowest BCUT2D eigenvalue weighted by Crippen LogP contribution is -2.23. The highest BCUT2D eigenvalue weighted by molar-refractivity contribution is 5.92. The van der Waals surface area contributed by atoms with Crippen molar-refractivity contribution in [3.8, 4) is 0 Å². The number of anilines is 1. The number of nitrogens with two attached hydrogens (primary N) is 1. The first kappa shape index (κ1) is 11.4. The van der Waals surface area contributed by atoms with Crippen molar-refractivity contribution < 1.29 is 22.4 Å². The van der Waals surface area contributed by atoms with E-state index < -0.39 is 41.4 Å². The molecule has 0 heterocycles. The standard InChI is InChI=1S/C8H6F4N2O/c9-3-1-4(10)7(12)8(6(3)11)14-5(15)2-13/h1H,2,13H2,(H,14,15). The van der Waals surface area contributed by atoms with Gasteiger partial charge >= 0.3 is 0 Å². The van der Waals surface area contributed by atoms with Crippen LogP contribution in [0.4, 0.5) is 23.2 Å². The Morgan fingerprint density at radius 3 is 2.07 bits per heavy atom. The Bertz CT molecular complexity index is 382. The van der Waals surface area contributed by atoms with Gasteiger partial charge in [0.25, 0.3) is 0 Å². The number of hydrogen-bond donors (Lipinski definition) is 2. The first-order valence-corrected chi connectivity index (χ1v) is 3.80. The number of nitrogens with one attached hydrogen (secondary N) is 1. The third-order valence-corrected chi connectivity index (χ3v) is 1.56. The normalized spacial score (nSPS) is 10.2. The zero-order valence-electron chi connectivity index (χ0n) is 7.28. The largest absolute Gasteiger partial charge is 0.322 e. The predicted molar refractivity (Wildman–Crippen MR) is 44.0 cm³/mol. The molecule has 1 amide bonds. The van der Waals surface area contributed by atoms with E-state index >= 15 is 0 Å². The summed E-state index contributed by atoms with van der Waals surface area (Å²) < 4.78 is 51.0. The van der Waals surface area contributed by atoms with E-state index in [9.17, 15) is 22.4 Å². The van der Waals surface area contributed by atoms with Crippen molar-refractivity contribution in [2.24, 2.45) is 5.73 Å². The van der Waals surface area contributed by atoms with Gasteiger partial charge in [0.1, 0.15) is 5.69 Å². The third-order valence-electron chi connectivity index (χ3n) is 1.56. The van der Waals surface area contributed by atoms with Crippen LogP contribution < -0.4 is 11.1 Å². The minimum atomic E-state index is -1.67. The van der Waals surface area contributed by atoms with Crippen LogP contribution in [-0.4, -0.2) is 12.5 Å². The van der Waals surface area contributed by atoms with Gasteiger partial charge in [-0.25, -0.2) is 17.6 Å². The molecule has 0 unspecified atom stereocenters. The van der Waals surface area contributed by atoms with Crippen molar-refractivity contribution in [3.05, 3.63) is 29.3 Å². The van der Waals surface area contributed by atoms with Crippen LogP contribution in [0.1, 0.15) is 0 Å². The summed E-state index contributed by atoms with van der Waals surface area (Å²) >= 11 is 0. The molecule has 0 saturated carbocycles. The Hall–Kier alpha value is -1.63. The second kappa shape index (κ2) is 4.26. The first-order valence-electron chi connectivity index (χ1n) is 3.80. The molecular weight excluding hydrogens is 216 g/mol. The highest BCUT2D eigenvalue weighted by Crippen LogP contribution is 2.23. The highest BCUT2D eigenvalue weighted by atomic mass is 19.2. The van der Waals surface area contributed by atoms with Crippen LogP contribution in [-0.2, 0) is 4.79 Å². The van der Waals surface area contributed by atoms with Crippen LogP contribution in [0.25, 0.3) is 0 Å². The molecule has 3 nitrogen and oxygen atoms in total. The smallest absolute Gasteiger partial charge is 0.238 e. The summed E-state index contributed by atoms with van der Waals surface area (Å²) in [5.74, 6) is -7.49. The summed E-state index contributed by atoms with van der Waals surface area (Å²) in [6.45, 7) is -0.559. The first-order chi connectivity index (χ1) is 6.97. The molecule has 0 radical (unpaired) electrons. The van der Waals surface area contributed by atoms with Crippen molar-refractivity contribution in [2.75, 3.05) is 11.9 Å². The average Bonchev–Trinajstić information content (AvgIpc) is 2.21. The number of hydrogen-bond acceptors (Lipinski definition) is 2. The van der Waals surface area contributed by atoms with E-state index in [1.807, 2.05) is 0 Å².